The van der Waals surface area contributed by atoms with Gasteiger partial charge in [0, 0.05) is 25.1 Å². The molecule has 0 saturated heterocycles. The smallest absolute Gasteiger partial charge is 0.402 e. The van der Waals surface area contributed by atoms with Gasteiger partial charge in [-0.15, -0.1) is 10.2 Å². The lowest BCUT2D eigenvalue weighted by atomic mass is 10.1. The lowest BCUT2D eigenvalue weighted by Gasteiger charge is -2.14. The van der Waals surface area contributed by atoms with Crippen LogP contribution in [0.4, 0.5) is 18.3 Å². The molecular weight excluding hydrogens is 623 g/mol. The second kappa shape index (κ2) is 19.1. The van der Waals surface area contributed by atoms with Crippen molar-refractivity contribution < 1.29 is 32.7 Å². The maximum absolute atomic E-state index is 12.5. The molecule has 0 fully saturated rings. The Morgan fingerprint density at radius 1 is 1.04 bits per heavy atom. The van der Waals surface area contributed by atoms with Crippen LogP contribution in [0, 0.1) is 0 Å². The van der Waals surface area contributed by atoms with E-state index in [1.54, 1.807) is 36.4 Å². The van der Waals surface area contributed by atoms with Gasteiger partial charge in [-0.2, -0.15) is 13.2 Å². The molecule has 250 valence electrons. The molecule has 0 radical (unpaired) electrons. The van der Waals surface area contributed by atoms with E-state index in [2.05, 4.69) is 26.1 Å². The van der Waals surface area contributed by atoms with Crippen LogP contribution in [0.2, 0.25) is 0 Å². The van der Waals surface area contributed by atoms with Crippen molar-refractivity contribution in [3.63, 3.8) is 0 Å². The van der Waals surface area contributed by atoms with Crippen molar-refractivity contribution in [1.82, 2.24) is 20.8 Å². The SMILES string of the molecule is C/C=C\C=C(/C)CC(=O)N/C(N)=C/C=C(\N)CCCCc1nnc(NC(=O)Cc2cccc(CNC(=O)CC(O)C(F)(F)F)c2)s1. The van der Waals surface area contributed by atoms with E-state index in [1.165, 1.54) is 11.3 Å². The lowest BCUT2D eigenvalue weighted by Crippen LogP contribution is -2.35. The van der Waals surface area contributed by atoms with Gasteiger partial charge in [-0.05, 0) is 56.4 Å². The lowest BCUT2D eigenvalue weighted by molar-refractivity contribution is -0.205. The van der Waals surface area contributed by atoms with Crippen molar-refractivity contribution in [3.8, 4) is 0 Å². The Morgan fingerprint density at radius 3 is 2.50 bits per heavy atom. The van der Waals surface area contributed by atoms with Gasteiger partial charge in [-0.1, -0.05) is 59.4 Å². The van der Waals surface area contributed by atoms with Crippen LogP contribution in [0.25, 0.3) is 0 Å². The number of carbonyl (C=O) groups excluding carboxylic acids is 3. The Bertz CT molecular complexity index is 1450. The predicted octanol–water partition coefficient (Wildman–Crippen LogP) is 4.03. The topological polar surface area (TPSA) is 185 Å². The van der Waals surface area contributed by atoms with Crippen LogP contribution in [-0.4, -0.2) is 45.3 Å². The number of allylic oxidation sites excluding steroid dienone is 6. The van der Waals surface area contributed by atoms with Gasteiger partial charge in [-0.25, -0.2) is 0 Å². The Hall–Kier alpha value is -4.50. The number of alkyl halides is 3. The molecule has 0 aliphatic heterocycles. The molecule has 2 rings (SSSR count). The number of unbranched alkanes of at least 4 members (excludes halogenated alkanes) is 1. The standard InChI is InChI=1S/C31H40F3N7O4S/c1-3-4-8-20(2)15-27(44)38-25(36)14-13-23(35)11-5-6-12-29-40-41-30(46-29)39-28(45)17-21-9-7-10-22(16-21)19-37-26(43)18-24(42)31(32,33)34/h3-4,7-10,13-14,16,24,42H,5-6,11-12,15,17-19,35-36H2,1-2H3,(H,37,43)(H,38,44)(H,39,41,45)/b4-3-,20-8+,23-13-,25-14+. The van der Waals surface area contributed by atoms with E-state index in [9.17, 15) is 27.6 Å². The van der Waals surface area contributed by atoms with E-state index < -0.39 is 24.6 Å². The second-order valence-corrected chi connectivity index (χ2v) is 11.5. The van der Waals surface area contributed by atoms with Gasteiger partial charge in [0.15, 0.2) is 6.10 Å². The maximum atomic E-state index is 12.5. The Labute approximate surface area is 269 Å². The number of carbonyl (C=O) groups is 3. The van der Waals surface area contributed by atoms with Crippen LogP contribution in [0.3, 0.4) is 0 Å². The molecule has 0 aliphatic rings. The van der Waals surface area contributed by atoms with Crippen molar-refractivity contribution in [3.05, 3.63) is 87.9 Å². The number of rotatable bonds is 17. The molecule has 2 aromatic rings. The fourth-order valence-corrected chi connectivity index (χ4v) is 4.67. The molecule has 0 aliphatic carbocycles. The zero-order chi connectivity index (χ0) is 34.1. The highest BCUT2D eigenvalue weighted by Crippen LogP contribution is 2.22. The Morgan fingerprint density at radius 2 is 1.78 bits per heavy atom. The number of aliphatic hydroxyl groups is 1. The highest BCUT2D eigenvalue weighted by Gasteiger charge is 2.39. The van der Waals surface area contributed by atoms with Crippen molar-refractivity contribution >= 4 is 34.2 Å². The van der Waals surface area contributed by atoms with Gasteiger partial charge in [0.05, 0.1) is 12.8 Å². The molecule has 1 heterocycles. The molecule has 1 aromatic heterocycles. The summed E-state index contributed by atoms with van der Waals surface area (Å²) in [6.45, 7) is 3.70. The number of hydrogen-bond acceptors (Lipinski definition) is 9. The van der Waals surface area contributed by atoms with E-state index in [1.807, 2.05) is 32.1 Å². The summed E-state index contributed by atoms with van der Waals surface area (Å²) >= 11 is 1.26. The summed E-state index contributed by atoms with van der Waals surface area (Å²) in [6, 6.07) is 6.67. The van der Waals surface area contributed by atoms with Gasteiger partial charge >= 0.3 is 6.18 Å². The molecule has 46 heavy (non-hydrogen) atoms. The minimum absolute atomic E-state index is 0.00495. The van der Waals surface area contributed by atoms with E-state index >= 15 is 0 Å². The highest BCUT2D eigenvalue weighted by molar-refractivity contribution is 7.15. The third-order valence-corrected chi connectivity index (χ3v) is 7.09. The van der Waals surface area contributed by atoms with E-state index in [0.29, 0.717) is 34.8 Å². The van der Waals surface area contributed by atoms with Crippen molar-refractivity contribution in [1.29, 1.82) is 0 Å². The number of nitrogens with zero attached hydrogens (tertiary/aromatic N) is 2. The number of amides is 3. The number of aromatic nitrogens is 2. The van der Waals surface area contributed by atoms with Crippen LogP contribution >= 0.6 is 11.3 Å². The molecular formula is C31H40F3N7O4S. The fraction of sp³-hybridized carbons (Fsp3) is 0.387. The van der Waals surface area contributed by atoms with Crippen molar-refractivity contribution in [2.75, 3.05) is 5.32 Å². The minimum Gasteiger partial charge on any atom is -0.402 e. The fourth-order valence-electron chi connectivity index (χ4n) is 3.87. The number of nitrogens with two attached hydrogens (primary N) is 2. The number of nitrogens with one attached hydrogen (secondary N) is 3. The zero-order valence-electron chi connectivity index (χ0n) is 25.7. The predicted molar refractivity (Wildman–Crippen MR) is 171 cm³/mol. The van der Waals surface area contributed by atoms with Crippen LogP contribution in [0.1, 0.15) is 62.1 Å². The summed E-state index contributed by atoms with van der Waals surface area (Å²) < 4.78 is 37.3. The van der Waals surface area contributed by atoms with Gasteiger partial charge in [0.1, 0.15) is 10.8 Å². The second-order valence-electron chi connectivity index (χ2n) is 10.4. The van der Waals surface area contributed by atoms with E-state index in [-0.39, 0.29) is 37.0 Å². The average molecular weight is 664 g/mol. The first kappa shape index (κ1) is 37.7. The van der Waals surface area contributed by atoms with Gasteiger partial charge in [0.25, 0.3) is 0 Å². The first-order valence-electron chi connectivity index (χ1n) is 14.5. The molecule has 0 bridgehead atoms. The zero-order valence-corrected chi connectivity index (χ0v) is 26.5. The Balaban J connectivity index is 1.73. The molecule has 15 heteroatoms. The third-order valence-electron chi connectivity index (χ3n) is 6.19. The normalized spacial score (nSPS) is 13.5. The molecule has 1 atom stereocenters. The summed E-state index contributed by atoms with van der Waals surface area (Å²) in [5, 5.41) is 25.9. The monoisotopic (exact) mass is 663 g/mol. The summed E-state index contributed by atoms with van der Waals surface area (Å²) in [4.78, 5) is 36.3. The number of anilines is 1. The molecule has 1 unspecified atom stereocenters. The summed E-state index contributed by atoms with van der Waals surface area (Å²) in [6.07, 6.45) is 3.18. The number of aryl methyl sites for hydroxylation is 1. The van der Waals surface area contributed by atoms with Crippen molar-refractivity contribution in [2.24, 2.45) is 11.5 Å². The largest absolute Gasteiger partial charge is 0.414 e. The molecule has 1 aromatic carbocycles. The molecule has 0 saturated carbocycles. The minimum atomic E-state index is -4.87. The molecule has 3 amide bonds. The van der Waals surface area contributed by atoms with Crippen molar-refractivity contribution in [2.45, 2.75) is 77.6 Å². The van der Waals surface area contributed by atoms with Crippen LogP contribution in [0.5, 0.6) is 0 Å². The number of hydrogen-bond donors (Lipinski definition) is 6. The van der Waals surface area contributed by atoms with Gasteiger partial charge in [-0.3, -0.25) is 14.4 Å². The van der Waals surface area contributed by atoms with Crippen LogP contribution < -0.4 is 27.4 Å². The van der Waals surface area contributed by atoms with E-state index in [0.717, 1.165) is 23.4 Å². The quantitative estimate of drug-likeness (QED) is 0.108. The van der Waals surface area contributed by atoms with Crippen LogP contribution in [-0.2, 0) is 33.8 Å². The number of aliphatic hydroxyl groups excluding tert-OH is 1. The molecule has 0 spiro atoms. The highest BCUT2D eigenvalue weighted by atomic mass is 32.1. The van der Waals surface area contributed by atoms with E-state index in [4.69, 9.17) is 16.6 Å². The molecule has 8 N–H and O–H groups in total. The van der Waals surface area contributed by atoms with Crippen LogP contribution in [0.15, 0.2) is 71.7 Å². The summed E-state index contributed by atoms with van der Waals surface area (Å²) in [5.74, 6) is -1.29. The first-order chi connectivity index (χ1) is 21.7. The Kier molecular flexibility index (Phi) is 15.7. The summed E-state index contributed by atoms with van der Waals surface area (Å²) in [5.41, 5.74) is 14.6. The third kappa shape index (κ3) is 15.5. The summed E-state index contributed by atoms with van der Waals surface area (Å²) in [7, 11) is 0. The first-order valence-corrected chi connectivity index (χ1v) is 15.3. The maximum Gasteiger partial charge on any atom is 0.414 e. The number of benzene rings is 1. The number of halogens is 3. The molecule has 11 nitrogen and oxygen atoms in total. The van der Waals surface area contributed by atoms with Gasteiger partial charge < -0.3 is 32.5 Å². The van der Waals surface area contributed by atoms with Gasteiger partial charge in [0.2, 0.25) is 22.9 Å². The average Bonchev–Trinajstić information content (AvgIpc) is 3.42.